The summed E-state index contributed by atoms with van der Waals surface area (Å²) in [4.78, 5) is 28.5. The van der Waals surface area contributed by atoms with Crippen LogP contribution >= 0.6 is 0 Å². The lowest BCUT2D eigenvalue weighted by atomic mass is 9.90. The number of piperidine rings is 1. The summed E-state index contributed by atoms with van der Waals surface area (Å²) in [5, 5.41) is 6.74. The first-order chi connectivity index (χ1) is 17.6. The van der Waals surface area contributed by atoms with E-state index in [1.54, 1.807) is 49.1 Å². The van der Waals surface area contributed by atoms with Crippen LogP contribution in [-0.4, -0.2) is 45.7 Å². The van der Waals surface area contributed by atoms with Crippen molar-refractivity contribution in [3.05, 3.63) is 65.8 Å². The van der Waals surface area contributed by atoms with Gasteiger partial charge in [-0.15, -0.1) is 10.2 Å². The molecule has 4 rings (SSSR count). The van der Waals surface area contributed by atoms with Crippen LogP contribution < -0.4 is 4.90 Å². The number of nitrogens with zero attached hydrogens (tertiary/aromatic N) is 4. The minimum atomic E-state index is -2.96. The number of carbonyl (C=O) groups excluding carboxylic acids is 2. The average Bonchev–Trinajstić information content (AvgIpc) is 3.39. The zero-order chi connectivity index (χ0) is 26.7. The normalized spacial score (nSPS) is 15.3. The summed E-state index contributed by atoms with van der Waals surface area (Å²) >= 11 is 0. The first kappa shape index (κ1) is 26.3. The Hall–Kier alpha value is -3.76. The van der Waals surface area contributed by atoms with Gasteiger partial charge in [-0.25, -0.2) is 8.78 Å². The van der Waals surface area contributed by atoms with Crippen molar-refractivity contribution in [3.63, 3.8) is 0 Å². The van der Waals surface area contributed by atoms with E-state index in [9.17, 15) is 18.4 Å². The molecule has 2 amide bonds. The molecule has 37 heavy (non-hydrogen) atoms. The number of para-hydroxylation sites is 1. The number of benzene rings is 2. The van der Waals surface area contributed by atoms with Crippen molar-refractivity contribution in [2.45, 2.75) is 45.3 Å². The lowest BCUT2D eigenvalue weighted by Crippen LogP contribution is -2.54. The van der Waals surface area contributed by atoms with Crippen molar-refractivity contribution in [1.29, 1.82) is 0 Å². The number of likely N-dealkylation sites (tertiary alicyclic amines) is 1. The van der Waals surface area contributed by atoms with Gasteiger partial charge in [-0.1, -0.05) is 38.1 Å². The predicted molar refractivity (Wildman–Crippen MR) is 127 cm³/mol. The third-order valence-corrected chi connectivity index (χ3v) is 6.31. The number of hydrogen-bond acceptors (Lipinski definition) is 5. The molecule has 1 aromatic heterocycles. The third-order valence-electron chi connectivity index (χ3n) is 6.31. The van der Waals surface area contributed by atoms with E-state index in [2.05, 4.69) is 10.2 Å². The first-order valence-electron chi connectivity index (χ1n) is 11.8. The van der Waals surface area contributed by atoms with Gasteiger partial charge in [0, 0.05) is 48.7 Å². The molecule has 0 spiro atoms. The van der Waals surface area contributed by atoms with Crippen molar-refractivity contribution in [2.24, 2.45) is 5.92 Å². The molecule has 0 saturated carbocycles. The Balaban J connectivity index is 1.57. The highest BCUT2D eigenvalue weighted by Crippen LogP contribution is 2.33. The van der Waals surface area contributed by atoms with Crippen LogP contribution in [-0.2, 0) is 16.1 Å². The molecule has 11 heteroatoms. The standard InChI is InChI=1S/C26H26F4N4O3/c1-16(2)24(35)33-12-10-26(30,11-13-33)25(36)34(19-6-4-3-5-7-19)15-18-9-8-17(14-20(18)27)22-31-32-23(37-22)21(28)29/h3-9,14,16,21H,10-13,15H2,1-2H3. The van der Waals surface area contributed by atoms with Crippen molar-refractivity contribution in [1.82, 2.24) is 15.1 Å². The van der Waals surface area contributed by atoms with Gasteiger partial charge in [0.05, 0.1) is 6.54 Å². The summed E-state index contributed by atoms with van der Waals surface area (Å²) in [7, 11) is 0. The van der Waals surface area contributed by atoms with Gasteiger partial charge in [-0.05, 0) is 24.3 Å². The zero-order valence-electron chi connectivity index (χ0n) is 20.3. The highest BCUT2D eigenvalue weighted by molar-refractivity contribution is 5.99. The van der Waals surface area contributed by atoms with E-state index >= 15 is 8.78 Å². The average molecular weight is 519 g/mol. The second kappa shape index (κ2) is 10.7. The van der Waals surface area contributed by atoms with Crippen LogP contribution in [0.1, 0.15) is 44.6 Å². The van der Waals surface area contributed by atoms with Gasteiger partial charge < -0.3 is 14.2 Å². The smallest absolute Gasteiger partial charge is 0.314 e. The van der Waals surface area contributed by atoms with Gasteiger partial charge in [0.25, 0.3) is 11.8 Å². The summed E-state index contributed by atoms with van der Waals surface area (Å²) in [5.74, 6) is -3.07. The van der Waals surface area contributed by atoms with Crippen LogP contribution in [0.5, 0.6) is 0 Å². The molecule has 0 aliphatic carbocycles. The molecule has 1 fully saturated rings. The topological polar surface area (TPSA) is 79.5 Å². The Morgan fingerprint density at radius 1 is 1.08 bits per heavy atom. The Morgan fingerprint density at radius 2 is 1.76 bits per heavy atom. The van der Waals surface area contributed by atoms with E-state index < -0.39 is 29.7 Å². The Morgan fingerprint density at radius 3 is 2.32 bits per heavy atom. The number of anilines is 1. The second-order valence-electron chi connectivity index (χ2n) is 9.22. The van der Waals surface area contributed by atoms with Gasteiger partial charge in [0.15, 0.2) is 5.67 Å². The lowest BCUT2D eigenvalue weighted by molar-refractivity contribution is -0.142. The minimum Gasteiger partial charge on any atom is -0.415 e. The van der Waals surface area contributed by atoms with E-state index in [0.717, 1.165) is 6.07 Å². The Labute approximate surface area is 211 Å². The molecule has 3 aromatic rings. The highest BCUT2D eigenvalue weighted by Gasteiger charge is 2.45. The van der Waals surface area contributed by atoms with Gasteiger partial charge in [-0.3, -0.25) is 9.59 Å². The number of halogens is 4. The second-order valence-corrected chi connectivity index (χ2v) is 9.22. The van der Waals surface area contributed by atoms with Crippen LogP contribution in [0.4, 0.5) is 23.2 Å². The Bertz CT molecular complexity index is 1260. The highest BCUT2D eigenvalue weighted by atomic mass is 19.3. The largest absolute Gasteiger partial charge is 0.415 e. The fourth-order valence-electron chi connectivity index (χ4n) is 4.21. The summed E-state index contributed by atoms with van der Waals surface area (Å²) in [6, 6.07) is 12.1. The van der Waals surface area contributed by atoms with Crippen LogP contribution in [0.3, 0.4) is 0 Å². The molecule has 0 N–H and O–H groups in total. The summed E-state index contributed by atoms with van der Waals surface area (Å²) in [5.41, 5.74) is -1.68. The molecule has 1 aliphatic rings. The van der Waals surface area contributed by atoms with E-state index in [1.807, 2.05) is 0 Å². The summed E-state index contributed by atoms with van der Waals surface area (Å²) < 4.78 is 61.4. The molecule has 0 bridgehead atoms. The molecule has 196 valence electrons. The fourth-order valence-corrected chi connectivity index (χ4v) is 4.21. The Kier molecular flexibility index (Phi) is 7.60. The molecule has 0 unspecified atom stereocenters. The van der Waals surface area contributed by atoms with Crippen LogP contribution in [0.25, 0.3) is 11.5 Å². The van der Waals surface area contributed by atoms with Crippen LogP contribution in [0, 0.1) is 11.7 Å². The van der Waals surface area contributed by atoms with Gasteiger partial charge in [0.2, 0.25) is 11.8 Å². The maximum atomic E-state index is 16.0. The SMILES string of the molecule is CC(C)C(=O)N1CCC(F)(C(=O)N(Cc2ccc(-c3nnc(C(F)F)o3)cc2F)c2ccccc2)CC1. The van der Waals surface area contributed by atoms with Gasteiger partial charge in [-0.2, -0.15) is 8.78 Å². The maximum absolute atomic E-state index is 16.0. The monoisotopic (exact) mass is 518 g/mol. The van der Waals surface area contributed by atoms with Crippen LogP contribution in [0.15, 0.2) is 52.9 Å². The molecule has 7 nitrogen and oxygen atoms in total. The van der Waals surface area contributed by atoms with Gasteiger partial charge in [0.1, 0.15) is 5.82 Å². The third kappa shape index (κ3) is 5.65. The number of carbonyl (C=O) groups is 2. The molecular formula is C26H26F4N4O3. The van der Waals surface area contributed by atoms with Crippen LogP contribution in [0.2, 0.25) is 0 Å². The van der Waals surface area contributed by atoms with Crippen molar-refractivity contribution in [2.75, 3.05) is 18.0 Å². The van der Waals surface area contributed by atoms with E-state index in [1.165, 1.54) is 17.0 Å². The first-order valence-corrected chi connectivity index (χ1v) is 11.8. The summed E-state index contributed by atoms with van der Waals surface area (Å²) in [6.07, 6.45) is -3.30. The molecule has 1 saturated heterocycles. The molecule has 2 heterocycles. The molecule has 0 radical (unpaired) electrons. The quantitative estimate of drug-likeness (QED) is 0.395. The number of hydrogen-bond donors (Lipinski definition) is 0. The van der Waals surface area contributed by atoms with E-state index in [0.29, 0.717) is 5.69 Å². The molecule has 2 aromatic carbocycles. The fraction of sp³-hybridized carbons (Fsp3) is 0.385. The zero-order valence-corrected chi connectivity index (χ0v) is 20.3. The van der Waals surface area contributed by atoms with Crippen molar-refractivity contribution < 1.29 is 31.6 Å². The number of aromatic nitrogens is 2. The minimum absolute atomic E-state index is 0.0746. The number of rotatable bonds is 7. The molecule has 1 aliphatic heterocycles. The van der Waals surface area contributed by atoms with E-state index in [-0.39, 0.29) is 61.3 Å². The summed E-state index contributed by atoms with van der Waals surface area (Å²) in [6.45, 7) is 3.46. The maximum Gasteiger partial charge on any atom is 0.314 e. The number of alkyl halides is 3. The lowest BCUT2D eigenvalue weighted by Gasteiger charge is -2.38. The number of amides is 2. The predicted octanol–water partition coefficient (Wildman–Crippen LogP) is 5.33. The van der Waals surface area contributed by atoms with Gasteiger partial charge >= 0.3 is 6.43 Å². The van der Waals surface area contributed by atoms with E-state index in [4.69, 9.17) is 4.42 Å². The van der Waals surface area contributed by atoms with Crippen molar-refractivity contribution >= 4 is 17.5 Å². The van der Waals surface area contributed by atoms with Crippen molar-refractivity contribution in [3.8, 4) is 11.5 Å². The molecule has 0 atom stereocenters. The molecular weight excluding hydrogens is 492 g/mol.